The summed E-state index contributed by atoms with van der Waals surface area (Å²) in [5, 5.41) is 0. The number of carbonyl (C=O) groups is 1. The van der Waals surface area contributed by atoms with E-state index in [2.05, 4.69) is 45.9 Å². The molecule has 0 amide bonds. The lowest BCUT2D eigenvalue weighted by Gasteiger charge is -2.57. The third-order valence-corrected chi connectivity index (χ3v) is 8.81. The van der Waals surface area contributed by atoms with Crippen LogP contribution in [0.4, 0.5) is 0 Å². The minimum atomic E-state index is 0.0750. The highest BCUT2D eigenvalue weighted by atomic mass is 16.1. The zero-order chi connectivity index (χ0) is 20.2. The number of rotatable bonds is 7. The monoisotopic (exact) mass is 382 g/mol. The molecule has 0 aromatic rings. The van der Waals surface area contributed by atoms with E-state index in [0.29, 0.717) is 11.3 Å². The second kappa shape index (κ2) is 9.14. The zero-order valence-corrected chi connectivity index (χ0v) is 18.8. The summed E-state index contributed by atoms with van der Waals surface area (Å²) in [4.78, 5) is 11.3. The highest BCUT2D eigenvalue weighted by Crippen LogP contribution is 2.66. The maximum absolute atomic E-state index is 11.3. The molecule has 5 unspecified atom stereocenters. The zero-order valence-electron chi connectivity index (χ0n) is 18.8. The first kappa shape index (κ1) is 21.6. The van der Waals surface area contributed by atoms with Crippen molar-refractivity contribution in [1.82, 2.24) is 0 Å². The predicted molar refractivity (Wildman–Crippen MR) is 120 cm³/mol. The fraction of sp³-hybridized carbons (Fsp3) is 0.741. The SMILES string of the molecule is CC=C(CCCCC)C12CCCC1C1CC/C(=C/C=O)C(C)(/C=C\C)C1CC2. The lowest BCUT2D eigenvalue weighted by atomic mass is 9.47. The van der Waals surface area contributed by atoms with E-state index in [1.807, 2.05) is 6.08 Å². The van der Waals surface area contributed by atoms with Gasteiger partial charge in [0.25, 0.3) is 0 Å². The summed E-state index contributed by atoms with van der Waals surface area (Å²) in [6.07, 6.45) is 24.7. The van der Waals surface area contributed by atoms with Crippen LogP contribution >= 0.6 is 0 Å². The number of fused-ring (bicyclic) bond motifs is 3. The van der Waals surface area contributed by atoms with Gasteiger partial charge in [-0.05, 0) is 94.5 Å². The molecule has 0 saturated heterocycles. The Balaban J connectivity index is 1.91. The van der Waals surface area contributed by atoms with Crippen molar-refractivity contribution in [3.63, 3.8) is 0 Å². The first-order valence-electron chi connectivity index (χ1n) is 12.0. The summed E-state index contributed by atoms with van der Waals surface area (Å²) < 4.78 is 0. The molecule has 3 aliphatic rings. The van der Waals surface area contributed by atoms with E-state index in [-0.39, 0.29) is 5.41 Å². The van der Waals surface area contributed by atoms with Gasteiger partial charge in [0.15, 0.2) is 0 Å². The van der Waals surface area contributed by atoms with E-state index in [9.17, 15) is 4.79 Å². The van der Waals surface area contributed by atoms with Crippen LogP contribution in [-0.2, 0) is 4.79 Å². The second-order valence-electron chi connectivity index (χ2n) is 9.88. The lowest BCUT2D eigenvalue weighted by molar-refractivity contribution is -0.104. The van der Waals surface area contributed by atoms with Crippen molar-refractivity contribution in [3.05, 3.63) is 35.5 Å². The molecule has 5 atom stereocenters. The molecule has 1 heteroatoms. The second-order valence-corrected chi connectivity index (χ2v) is 9.88. The minimum Gasteiger partial charge on any atom is -0.299 e. The molecule has 0 radical (unpaired) electrons. The average molecular weight is 383 g/mol. The molecule has 0 heterocycles. The third kappa shape index (κ3) is 3.59. The van der Waals surface area contributed by atoms with Gasteiger partial charge in [-0.25, -0.2) is 0 Å². The van der Waals surface area contributed by atoms with Crippen molar-refractivity contribution in [1.29, 1.82) is 0 Å². The minimum absolute atomic E-state index is 0.0750. The van der Waals surface area contributed by atoms with E-state index >= 15 is 0 Å². The van der Waals surface area contributed by atoms with Gasteiger partial charge in [0, 0.05) is 5.41 Å². The number of hydrogen-bond acceptors (Lipinski definition) is 1. The molecule has 0 bridgehead atoms. The maximum atomic E-state index is 11.3. The Kier molecular flexibility index (Phi) is 7.05. The molecule has 1 nitrogen and oxygen atoms in total. The average Bonchev–Trinajstić information content (AvgIpc) is 3.13. The molecule has 0 aromatic heterocycles. The van der Waals surface area contributed by atoms with Crippen molar-refractivity contribution in [2.75, 3.05) is 0 Å². The maximum Gasteiger partial charge on any atom is 0.142 e. The van der Waals surface area contributed by atoms with E-state index < -0.39 is 0 Å². The number of aldehydes is 1. The Hall–Kier alpha value is -1.11. The van der Waals surface area contributed by atoms with E-state index in [1.54, 1.807) is 5.57 Å². The number of allylic oxidation sites excluding steroid dienone is 6. The Bertz CT molecular complexity index is 639. The summed E-state index contributed by atoms with van der Waals surface area (Å²) in [6.45, 7) is 9.17. The normalized spacial score (nSPS) is 39.9. The Morgan fingerprint density at radius 2 is 1.93 bits per heavy atom. The standard InChI is InChI=1S/C27H42O/c1-5-8-9-11-21(7-3)27-18-10-12-25(27)23-14-13-22(16-20-28)26(4,17-6-2)24(23)15-19-27/h6-7,16-17,20,23-25H,5,8-15,18-19H2,1-4H3/b17-6-,21-7?,22-16-. The molecule has 28 heavy (non-hydrogen) atoms. The van der Waals surface area contributed by atoms with Crippen LogP contribution < -0.4 is 0 Å². The highest BCUT2D eigenvalue weighted by molar-refractivity contribution is 5.67. The summed E-state index contributed by atoms with van der Waals surface area (Å²) >= 11 is 0. The van der Waals surface area contributed by atoms with E-state index in [0.717, 1.165) is 24.5 Å². The van der Waals surface area contributed by atoms with Crippen LogP contribution in [-0.4, -0.2) is 6.29 Å². The van der Waals surface area contributed by atoms with E-state index in [1.165, 1.54) is 69.8 Å². The Labute approximate surface area is 173 Å². The highest BCUT2D eigenvalue weighted by Gasteiger charge is 2.57. The van der Waals surface area contributed by atoms with E-state index in [4.69, 9.17) is 0 Å². The molecule has 3 rings (SSSR count). The predicted octanol–water partition coefficient (Wildman–Crippen LogP) is 7.83. The summed E-state index contributed by atoms with van der Waals surface area (Å²) in [5.41, 5.74) is 3.74. The number of carbonyl (C=O) groups excluding carboxylic acids is 1. The van der Waals surface area contributed by atoms with Crippen molar-refractivity contribution in [3.8, 4) is 0 Å². The Morgan fingerprint density at radius 3 is 2.61 bits per heavy atom. The third-order valence-electron chi connectivity index (χ3n) is 8.81. The molecule has 3 aliphatic carbocycles. The molecule has 0 aromatic carbocycles. The van der Waals surface area contributed by atoms with Crippen molar-refractivity contribution < 1.29 is 4.79 Å². The molecule has 0 aliphatic heterocycles. The van der Waals surface area contributed by atoms with Gasteiger partial charge in [-0.15, -0.1) is 0 Å². The smallest absolute Gasteiger partial charge is 0.142 e. The first-order chi connectivity index (χ1) is 13.6. The lowest BCUT2D eigenvalue weighted by Crippen LogP contribution is -2.49. The molecular weight excluding hydrogens is 340 g/mol. The van der Waals surface area contributed by atoms with Gasteiger partial charge >= 0.3 is 0 Å². The van der Waals surface area contributed by atoms with Gasteiger partial charge in [-0.3, -0.25) is 4.79 Å². The molecule has 3 fully saturated rings. The van der Waals surface area contributed by atoms with Crippen LogP contribution in [0.2, 0.25) is 0 Å². The van der Waals surface area contributed by atoms with Gasteiger partial charge in [0.2, 0.25) is 0 Å². The summed E-state index contributed by atoms with van der Waals surface area (Å²) in [7, 11) is 0. The topological polar surface area (TPSA) is 17.1 Å². The molecule has 0 N–H and O–H groups in total. The molecule has 0 spiro atoms. The van der Waals surface area contributed by atoms with Crippen LogP contribution in [0.25, 0.3) is 0 Å². The van der Waals surface area contributed by atoms with Gasteiger partial charge < -0.3 is 0 Å². The van der Waals surface area contributed by atoms with Gasteiger partial charge in [0.1, 0.15) is 6.29 Å². The Morgan fingerprint density at radius 1 is 1.11 bits per heavy atom. The van der Waals surface area contributed by atoms with Crippen molar-refractivity contribution >= 4 is 6.29 Å². The van der Waals surface area contributed by atoms with Crippen LogP contribution in [0.3, 0.4) is 0 Å². The van der Waals surface area contributed by atoms with Crippen LogP contribution in [0, 0.1) is 28.6 Å². The molecular formula is C27H42O. The first-order valence-corrected chi connectivity index (χ1v) is 12.0. The summed E-state index contributed by atoms with van der Waals surface area (Å²) in [6, 6.07) is 0. The summed E-state index contributed by atoms with van der Waals surface area (Å²) in [5.74, 6) is 2.39. The van der Waals surface area contributed by atoms with Crippen molar-refractivity contribution in [2.45, 2.75) is 98.3 Å². The van der Waals surface area contributed by atoms with Gasteiger partial charge in [-0.2, -0.15) is 0 Å². The fourth-order valence-corrected chi connectivity index (χ4v) is 7.64. The van der Waals surface area contributed by atoms with Crippen molar-refractivity contribution in [2.24, 2.45) is 28.6 Å². The van der Waals surface area contributed by atoms with Crippen LogP contribution in [0.1, 0.15) is 98.3 Å². The number of hydrogen-bond donors (Lipinski definition) is 0. The largest absolute Gasteiger partial charge is 0.299 e. The van der Waals surface area contributed by atoms with Crippen LogP contribution in [0.15, 0.2) is 35.5 Å². The number of unbranched alkanes of at least 4 members (excludes halogenated alkanes) is 2. The fourth-order valence-electron chi connectivity index (χ4n) is 7.64. The molecule has 156 valence electrons. The quantitative estimate of drug-likeness (QED) is 0.190. The van der Waals surface area contributed by atoms with Gasteiger partial charge in [-0.1, -0.05) is 62.5 Å². The van der Waals surface area contributed by atoms with Crippen LogP contribution in [0.5, 0.6) is 0 Å². The van der Waals surface area contributed by atoms with Gasteiger partial charge in [0.05, 0.1) is 0 Å². The molecule has 3 saturated carbocycles.